The Kier molecular flexibility index (Phi) is 3.27. The van der Waals surface area contributed by atoms with Gasteiger partial charge >= 0.3 is 0 Å². The molecule has 1 aromatic rings. The topological polar surface area (TPSA) is 73.2 Å². The first-order valence-electron chi connectivity index (χ1n) is 5.23. The maximum Gasteiger partial charge on any atom is 0.281 e. The minimum Gasteiger partial charge on any atom is -0.339 e. The highest BCUT2D eigenvalue weighted by Gasteiger charge is 2.21. The molecule has 1 saturated carbocycles. The zero-order valence-corrected chi connectivity index (χ0v) is 9.90. The second-order valence-corrected chi connectivity index (χ2v) is 5.58. The third-order valence-electron chi connectivity index (χ3n) is 2.58. The molecule has 0 bridgehead atoms. The number of nitrogens with zero attached hydrogens (tertiary/aromatic N) is 2. The average Bonchev–Trinajstić information content (AvgIpc) is 2.85. The van der Waals surface area contributed by atoms with Gasteiger partial charge in [-0.15, -0.1) is 0 Å². The quantitative estimate of drug-likeness (QED) is 0.787. The molecule has 90 valence electrons. The normalized spacial score (nSPS) is 18.1. The van der Waals surface area contributed by atoms with E-state index in [0.717, 1.165) is 25.7 Å². The van der Waals surface area contributed by atoms with E-state index in [-0.39, 0.29) is 11.1 Å². The molecule has 1 aliphatic rings. The van der Waals surface area contributed by atoms with Crippen molar-refractivity contribution < 1.29 is 13.3 Å². The summed E-state index contributed by atoms with van der Waals surface area (Å²) >= 11 is 0. The van der Waals surface area contributed by atoms with Crippen molar-refractivity contribution in [1.29, 1.82) is 0 Å². The van der Waals surface area contributed by atoms with Gasteiger partial charge in [-0.1, -0.05) is 17.7 Å². The molecule has 2 rings (SSSR count). The molecule has 1 heterocycles. The number of aromatic nitrogens is 2. The van der Waals surface area contributed by atoms with Gasteiger partial charge in [0, 0.05) is 13.2 Å². The van der Waals surface area contributed by atoms with Crippen molar-refractivity contribution in [2.45, 2.75) is 36.8 Å². The summed E-state index contributed by atoms with van der Waals surface area (Å²) in [7, 11) is -1.92. The van der Waals surface area contributed by atoms with Gasteiger partial charge in [-0.2, -0.15) is 0 Å². The summed E-state index contributed by atoms with van der Waals surface area (Å²) in [6.07, 6.45) is 6.87. The van der Waals surface area contributed by atoms with Crippen LogP contribution in [0.4, 0.5) is 0 Å². The van der Waals surface area contributed by atoms with Crippen LogP contribution in [0.2, 0.25) is 0 Å². The molecule has 7 heteroatoms. The number of imidazole rings is 1. The molecule has 1 N–H and O–H groups in total. The lowest BCUT2D eigenvalue weighted by atomic mass is 10.3. The van der Waals surface area contributed by atoms with Gasteiger partial charge in [0.1, 0.15) is 0 Å². The van der Waals surface area contributed by atoms with Gasteiger partial charge in [-0.3, -0.25) is 4.84 Å². The van der Waals surface area contributed by atoms with Crippen molar-refractivity contribution in [1.82, 2.24) is 14.4 Å². The summed E-state index contributed by atoms with van der Waals surface area (Å²) < 4.78 is 25.0. The Morgan fingerprint density at radius 3 is 2.75 bits per heavy atom. The fourth-order valence-corrected chi connectivity index (χ4v) is 2.55. The fraction of sp³-hybridized carbons (Fsp3) is 0.667. The van der Waals surface area contributed by atoms with Crippen LogP contribution in [0.15, 0.2) is 17.6 Å². The van der Waals surface area contributed by atoms with Crippen LogP contribution < -0.4 is 4.89 Å². The highest BCUT2D eigenvalue weighted by molar-refractivity contribution is 7.89. The molecule has 16 heavy (non-hydrogen) atoms. The van der Waals surface area contributed by atoms with Crippen LogP contribution in [0.3, 0.4) is 0 Å². The first-order valence-corrected chi connectivity index (χ1v) is 6.72. The van der Waals surface area contributed by atoms with Crippen LogP contribution >= 0.6 is 0 Å². The Morgan fingerprint density at radius 2 is 2.19 bits per heavy atom. The molecule has 6 nitrogen and oxygen atoms in total. The smallest absolute Gasteiger partial charge is 0.281 e. The lowest BCUT2D eigenvalue weighted by molar-refractivity contribution is 0.0222. The van der Waals surface area contributed by atoms with Gasteiger partial charge in [0.25, 0.3) is 10.0 Å². The van der Waals surface area contributed by atoms with Crippen molar-refractivity contribution >= 4 is 10.0 Å². The number of sulfonamides is 1. The van der Waals surface area contributed by atoms with E-state index in [2.05, 4.69) is 9.87 Å². The summed E-state index contributed by atoms with van der Waals surface area (Å²) in [5.41, 5.74) is 0. The van der Waals surface area contributed by atoms with Crippen molar-refractivity contribution in [2.75, 3.05) is 0 Å². The van der Waals surface area contributed by atoms with E-state index < -0.39 is 10.0 Å². The van der Waals surface area contributed by atoms with Gasteiger partial charge in [-0.05, 0) is 12.8 Å². The number of nitrogens with one attached hydrogen (secondary N) is 1. The monoisotopic (exact) mass is 245 g/mol. The molecule has 0 unspecified atom stereocenters. The minimum absolute atomic E-state index is 0.00140. The summed E-state index contributed by atoms with van der Waals surface area (Å²) in [6.45, 7) is 0. The van der Waals surface area contributed by atoms with Crippen LogP contribution in [0.5, 0.6) is 0 Å². The third-order valence-corrected chi connectivity index (χ3v) is 3.66. The SMILES string of the molecule is Cn1cnc(S(=O)(=O)NOC2CCCC2)c1. The van der Waals surface area contributed by atoms with Crippen LogP contribution in [0, 0.1) is 0 Å². The predicted octanol–water partition coefficient (Wildman–Crippen LogP) is 0.573. The van der Waals surface area contributed by atoms with Crippen molar-refractivity contribution in [3.05, 3.63) is 12.5 Å². The summed E-state index contributed by atoms with van der Waals surface area (Å²) in [4.78, 5) is 11.0. The van der Waals surface area contributed by atoms with Crippen LogP contribution in [0.25, 0.3) is 0 Å². The Hall–Kier alpha value is -0.920. The number of rotatable bonds is 4. The number of hydrogen-bond donors (Lipinski definition) is 1. The average molecular weight is 245 g/mol. The van der Waals surface area contributed by atoms with Gasteiger partial charge in [0.05, 0.1) is 12.4 Å². The first kappa shape index (κ1) is 11.6. The zero-order chi connectivity index (χ0) is 11.6. The summed E-state index contributed by atoms with van der Waals surface area (Å²) in [5, 5.41) is -0.0204. The van der Waals surface area contributed by atoms with E-state index in [0.29, 0.717) is 0 Å². The van der Waals surface area contributed by atoms with E-state index in [1.807, 2.05) is 0 Å². The molecule has 0 spiro atoms. The Bertz CT molecular complexity index is 448. The largest absolute Gasteiger partial charge is 0.339 e. The van der Waals surface area contributed by atoms with E-state index in [1.54, 1.807) is 11.6 Å². The number of aryl methyl sites for hydroxylation is 1. The second-order valence-electron chi connectivity index (χ2n) is 3.99. The summed E-state index contributed by atoms with van der Waals surface area (Å²) in [5.74, 6) is 0. The standard InChI is InChI=1S/C9H15N3O3S/c1-12-6-9(10-7-12)16(13,14)11-15-8-4-2-3-5-8/h6-8,11H,2-5H2,1H3. The Morgan fingerprint density at radius 1 is 1.50 bits per heavy atom. The van der Waals surface area contributed by atoms with Crippen molar-refractivity contribution in [3.63, 3.8) is 0 Å². The molecule has 0 saturated heterocycles. The highest BCUT2D eigenvalue weighted by Crippen LogP contribution is 2.20. The predicted molar refractivity (Wildman–Crippen MR) is 56.9 cm³/mol. The molecule has 0 radical (unpaired) electrons. The van der Waals surface area contributed by atoms with Crippen LogP contribution in [0.1, 0.15) is 25.7 Å². The van der Waals surface area contributed by atoms with Gasteiger partial charge < -0.3 is 4.57 Å². The van der Waals surface area contributed by atoms with E-state index in [9.17, 15) is 8.42 Å². The second kappa shape index (κ2) is 4.52. The first-order chi connectivity index (χ1) is 7.58. The Labute approximate surface area is 94.6 Å². The van der Waals surface area contributed by atoms with Crippen molar-refractivity contribution in [3.8, 4) is 0 Å². The minimum atomic E-state index is -3.63. The Balaban J connectivity index is 1.97. The fourth-order valence-electron chi connectivity index (χ4n) is 1.71. The van der Waals surface area contributed by atoms with E-state index in [4.69, 9.17) is 4.84 Å². The maximum atomic E-state index is 11.7. The third kappa shape index (κ3) is 2.60. The lowest BCUT2D eigenvalue weighted by Gasteiger charge is -2.10. The molecule has 1 aromatic heterocycles. The molecule has 0 amide bonds. The maximum absolute atomic E-state index is 11.7. The molecule has 0 aromatic carbocycles. The molecule has 1 fully saturated rings. The van der Waals surface area contributed by atoms with Gasteiger partial charge in [0.2, 0.25) is 0 Å². The molecular weight excluding hydrogens is 230 g/mol. The molecule has 0 aliphatic heterocycles. The van der Waals surface area contributed by atoms with Crippen molar-refractivity contribution in [2.24, 2.45) is 7.05 Å². The summed E-state index contributed by atoms with van der Waals surface area (Å²) in [6, 6.07) is 0. The van der Waals surface area contributed by atoms with Crippen LogP contribution in [-0.4, -0.2) is 24.1 Å². The zero-order valence-electron chi connectivity index (χ0n) is 9.09. The van der Waals surface area contributed by atoms with Gasteiger partial charge in [-0.25, -0.2) is 13.4 Å². The van der Waals surface area contributed by atoms with E-state index in [1.165, 1.54) is 12.5 Å². The van der Waals surface area contributed by atoms with Gasteiger partial charge in [0.15, 0.2) is 5.03 Å². The molecule has 1 aliphatic carbocycles. The molecule has 0 atom stereocenters. The van der Waals surface area contributed by atoms with E-state index >= 15 is 0 Å². The van der Waals surface area contributed by atoms with Crippen LogP contribution in [-0.2, 0) is 21.9 Å². The number of hydrogen-bond acceptors (Lipinski definition) is 4. The lowest BCUT2D eigenvalue weighted by Crippen LogP contribution is -2.28. The molecular formula is C9H15N3O3S. The highest BCUT2D eigenvalue weighted by atomic mass is 32.2.